The smallest absolute Gasteiger partial charge is 0.143 e. The zero-order valence-corrected chi connectivity index (χ0v) is 27.6. The minimum Gasteiger partial charge on any atom is -0.455 e. The summed E-state index contributed by atoms with van der Waals surface area (Å²) in [6.45, 7) is 0. The molecule has 0 amide bonds. The van der Waals surface area contributed by atoms with Gasteiger partial charge in [-0.25, -0.2) is 0 Å². The lowest BCUT2D eigenvalue weighted by Gasteiger charge is -2.26. The van der Waals surface area contributed by atoms with E-state index in [1.807, 2.05) is 12.1 Å². The molecule has 3 nitrogen and oxygen atoms in total. The van der Waals surface area contributed by atoms with Gasteiger partial charge in [-0.3, -0.25) is 0 Å². The molecule has 0 N–H and O–H groups in total. The fraction of sp³-hybridized carbons (Fsp3) is 0. The standard InChI is InChI=1S/C48H30N2O/c1-2-10-31(11-3-1)32-20-24-34(25-21-32)49(35-26-22-33(23-27-35)37-14-8-17-42-39-13-5-7-19-46(39)51-48(37)42)36-28-29-45-43(30-36)41-16-9-15-40-38-12-4-6-18-44(38)50(45)47(40)41/h1-30H. The second-order valence-electron chi connectivity index (χ2n) is 13.3. The number of hydrogen-bond acceptors (Lipinski definition) is 2. The largest absolute Gasteiger partial charge is 0.455 e. The Morgan fingerprint density at radius 1 is 0.373 bits per heavy atom. The van der Waals surface area contributed by atoms with Crippen LogP contribution in [0.3, 0.4) is 0 Å². The summed E-state index contributed by atoms with van der Waals surface area (Å²) in [6, 6.07) is 65.4. The molecule has 8 aromatic carbocycles. The molecule has 0 aliphatic carbocycles. The molecule has 0 saturated heterocycles. The average Bonchev–Trinajstić information content (AvgIpc) is 3.86. The third kappa shape index (κ3) is 4.19. The molecule has 238 valence electrons. The second kappa shape index (κ2) is 10.8. The number of para-hydroxylation sites is 4. The summed E-state index contributed by atoms with van der Waals surface area (Å²) >= 11 is 0. The van der Waals surface area contributed by atoms with Crippen LogP contribution >= 0.6 is 0 Å². The summed E-state index contributed by atoms with van der Waals surface area (Å²) in [7, 11) is 0. The molecule has 0 radical (unpaired) electrons. The highest BCUT2D eigenvalue weighted by atomic mass is 16.3. The van der Waals surface area contributed by atoms with Crippen molar-refractivity contribution in [2.45, 2.75) is 0 Å². The van der Waals surface area contributed by atoms with E-state index in [9.17, 15) is 0 Å². The summed E-state index contributed by atoms with van der Waals surface area (Å²) in [5, 5.41) is 7.39. The molecule has 0 bridgehead atoms. The van der Waals surface area contributed by atoms with Gasteiger partial charge in [0.1, 0.15) is 11.2 Å². The Morgan fingerprint density at radius 3 is 1.75 bits per heavy atom. The van der Waals surface area contributed by atoms with Crippen molar-refractivity contribution in [1.29, 1.82) is 0 Å². The summed E-state index contributed by atoms with van der Waals surface area (Å²) in [4.78, 5) is 2.37. The topological polar surface area (TPSA) is 20.8 Å². The van der Waals surface area contributed by atoms with Gasteiger partial charge in [0.2, 0.25) is 0 Å². The summed E-state index contributed by atoms with van der Waals surface area (Å²) in [6.07, 6.45) is 0. The number of rotatable bonds is 5. The molecule has 0 aliphatic heterocycles. The molecule has 3 aromatic heterocycles. The molecule has 0 aliphatic rings. The van der Waals surface area contributed by atoms with Crippen LogP contribution in [0.2, 0.25) is 0 Å². The van der Waals surface area contributed by atoms with Crippen molar-refractivity contribution in [3.05, 3.63) is 182 Å². The Labute approximate surface area is 294 Å². The van der Waals surface area contributed by atoms with Crippen LogP contribution in [0.1, 0.15) is 0 Å². The van der Waals surface area contributed by atoms with Gasteiger partial charge in [0.25, 0.3) is 0 Å². The lowest BCUT2D eigenvalue weighted by Crippen LogP contribution is -2.09. The highest BCUT2D eigenvalue weighted by molar-refractivity contribution is 6.23. The monoisotopic (exact) mass is 650 g/mol. The third-order valence-corrected chi connectivity index (χ3v) is 10.5. The van der Waals surface area contributed by atoms with Crippen LogP contribution in [-0.2, 0) is 0 Å². The first kappa shape index (κ1) is 28.0. The highest BCUT2D eigenvalue weighted by Crippen LogP contribution is 2.43. The fourth-order valence-corrected chi connectivity index (χ4v) is 8.21. The van der Waals surface area contributed by atoms with Crippen LogP contribution in [-0.4, -0.2) is 4.40 Å². The summed E-state index contributed by atoms with van der Waals surface area (Å²) < 4.78 is 8.84. The number of benzene rings is 8. The van der Waals surface area contributed by atoms with Crippen molar-refractivity contribution < 1.29 is 4.42 Å². The number of anilines is 3. The van der Waals surface area contributed by atoms with E-state index in [1.54, 1.807) is 0 Å². The lowest BCUT2D eigenvalue weighted by molar-refractivity contribution is 0.670. The van der Waals surface area contributed by atoms with Crippen LogP contribution < -0.4 is 4.90 Å². The molecule has 0 spiro atoms. The van der Waals surface area contributed by atoms with Gasteiger partial charge in [-0.15, -0.1) is 0 Å². The van der Waals surface area contributed by atoms with Crippen LogP contribution in [0.25, 0.3) is 82.3 Å². The van der Waals surface area contributed by atoms with E-state index in [2.05, 4.69) is 179 Å². The van der Waals surface area contributed by atoms with Gasteiger partial charge in [-0.1, -0.05) is 127 Å². The van der Waals surface area contributed by atoms with E-state index in [0.717, 1.165) is 50.1 Å². The first-order valence-corrected chi connectivity index (χ1v) is 17.4. The molecule has 11 aromatic rings. The van der Waals surface area contributed by atoms with E-state index in [4.69, 9.17) is 4.42 Å². The Kier molecular flexibility index (Phi) is 5.96. The van der Waals surface area contributed by atoms with Gasteiger partial charge < -0.3 is 13.7 Å². The van der Waals surface area contributed by atoms with E-state index in [1.165, 1.54) is 49.2 Å². The van der Waals surface area contributed by atoms with E-state index in [0.29, 0.717) is 0 Å². The zero-order valence-electron chi connectivity index (χ0n) is 27.6. The lowest BCUT2D eigenvalue weighted by atomic mass is 10.0. The van der Waals surface area contributed by atoms with Crippen molar-refractivity contribution >= 4 is 77.1 Å². The van der Waals surface area contributed by atoms with E-state index < -0.39 is 0 Å². The van der Waals surface area contributed by atoms with Crippen molar-refractivity contribution in [3.8, 4) is 22.3 Å². The van der Waals surface area contributed by atoms with Crippen molar-refractivity contribution in [3.63, 3.8) is 0 Å². The predicted octanol–water partition coefficient (Wildman–Crippen LogP) is 13.5. The number of nitrogens with zero attached hydrogens (tertiary/aromatic N) is 2. The molecule has 0 atom stereocenters. The number of fused-ring (bicyclic) bond motifs is 9. The number of hydrogen-bond donors (Lipinski definition) is 0. The predicted molar refractivity (Wildman–Crippen MR) is 214 cm³/mol. The van der Waals surface area contributed by atoms with Crippen molar-refractivity contribution in [2.75, 3.05) is 4.90 Å². The maximum atomic E-state index is 6.40. The Hall–Kier alpha value is -6.84. The normalized spacial score (nSPS) is 11.9. The average molecular weight is 651 g/mol. The third-order valence-electron chi connectivity index (χ3n) is 10.5. The van der Waals surface area contributed by atoms with Gasteiger partial charge in [0.15, 0.2) is 0 Å². The number of furan rings is 1. The Bertz CT molecular complexity index is 3060. The van der Waals surface area contributed by atoms with Crippen LogP contribution in [0.4, 0.5) is 17.1 Å². The molecule has 51 heavy (non-hydrogen) atoms. The summed E-state index contributed by atoms with van der Waals surface area (Å²) in [5.74, 6) is 0. The minimum absolute atomic E-state index is 0.911. The SMILES string of the molecule is c1ccc(-c2ccc(N(c3ccc(-c4cccc5c4oc4ccccc45)cc3)c3ccc4c(c3)c3cccc5c6ccccc6n4c53)cc2)cc1. The Balaban J connectivity index is 1.08. The van der Waals surface area contributed by atoms with Crippen molar-refractivity contribution in [1.82, 2.24) is 4.40 Å². The molecule has 3 heterocycles. The van der Waals surface area contributed by atoms with Crippen LogP contribution in [0.5, 0.6) is 0 Å². The maximum Gasteiger partial charge on any atom is 0.143 e. The molecule has 0 unspecified atom stereocenters. The van der Waals surface area contributed by atoms with Crippen LogP contribution in [0, 0.1) is 0 Å². The zero-order chi connectivity index (χ0) is 33.5. The molecular weight excluding hydrogens is 621 g/mol. The first-order valence-electron chi connectivity index (χ1n) is 17.4. The highest BCUT2D eigenvalue weighted by Gasteiger charge is 2.20. The van der Waals surface area contributed by atoms with E-state index >= 15 is 0 Å². The molecule has 0 fully saturated rings. The van der Waals surface area contributed by atoms with E-state index in [-0.39, 0.29) is 0 Å². The van der Waals surface area contributed by atoms with Gasteiger partial charge in [0.05, 0.1) is 16.6 Å². The first-order chi connectivity index (χ1) is 25.3. The van der Waals surface area contributed by atoms with Gasteiger partial charge >= 0.3 is 0 Å². The minimum atomic E-state index is 0.911. The second-order valence-corrected chi connectivity index (χ2v) is 13.3. The number of aromatic nitrogens is 1. The maximum absolute atomic E-state index is 6.40. The molecule has 3 heteroatoms. The summed E-state index contributed by atoms with van der Waals surface area (Å²) in [5.41, 5.74) is 13.5. The van der Waals surface area contributed by atoms with Gasteiger partial charge in [0, 0.05) is 54.9 Å². The van der Waals surface area contributed by atoms with Crippen LogP contribution in [0.15, 0.2) is 186 Å². The fourth-order valence-electron chi connectivity index (χ4n) is 8.21. The molecule has 0 saturated carbocycles. The molecular formula is C48H30N2O. The quantitative estimate of drug-likeness (QED) is 0.185. The van der Waals surface area contributed by atoms with Gasteiger partial charge in [-0.05, 0) is 71.3 Å². The molecule has 11 rings (SSSR count). The van der Waals surface area contributed by atoms with Crippen molar-refractivity contribution in [2.24, 2.45) is 0 Å². The van der Waals surface area contributed by atoms with Gasteiger partial charge in [-0.2, -0.15) is 0 Å². The Morgan fingerprint density at radius 2 is 0.941 bits per heavy atom.